The Kier molecular flexibility index (Phi) is 3.62. The highest BCUT2D eigenvalue weighted by molar-refractivity contribution is 5.21. The Hall–Kier alpha value is -0.860. The van der Waals surface area contributed by atoms with Gasteiger partial charge >= 0.3 is 0 Å². The van der Waals surface area contributed by atoms with Gasteiger partial charge in [0.1, 0.15) is 0 Å². The van der Waals surface area contributed by atoms with Crippen LogP contribution >= 0.6 is 0 Å². The molecule has 0 bridgehead atoms. The molecule has 0 aliphatic carbocycles. The van der Waals surface area contributed by atoms with Crippen LogP contribution in [0.2, 0.25) is 0 Å². The molecule has 1 aliphatic rings. The molecule has 1 heterocycles. The third-order valence-corrected chi connectivity index (χ3v) is 3.40. The van der Waals surface area contributed by atoms with E-state index in [1.165, 1.54) is 5.56 Å². The highest BCUT2D eigenvalue weighted by atomic mass is 16.5. The topological polar surface area (TPSA) is 29.5 Å². The van der Waals surface area contributed by atoms with Crippen molar-refractivity contribution in [3.8, 4) is 0 Å². The minimum atomic E-state index is -0.274. The molecular formula is C14H20O2. The van der Waals surface area contributed by atoms with Crippen LogP contribution in [0.25, 0.3) is 0 Å². The molecule has 0 unspecified atom stereocenters. The van der Waals surface area contributed by atoms with Crippen LogP contribution in [0.4, 0.5) is 0 Å². The summed E-state index contributed by atoms with van der Waals surface area (Å²) in [6.45, 7) is 4.91. The first-order chi connectivity index (χ1) is 7.68. The monoisotopic (exact) mass is 220 g/mol. The van der Waals surface area contributed by atoms with Crippen molar-refractivity contribution in [3.05, 3.63) is 35.9 Å². The average Bonchev–Trinajstić information content (AvgIpc) is 2.30. The molecule has 0 aromatic heterocycles. The maximum atomic E-state index is 10.2. The standard InChI is InChI=1S/C14H20O2/c1-10(2)14-8-13(15)12(9-16-14)11-6-4-3-5-7-11/h3-7,10,12-15H,8-9H2,1-2H3/t12-,13+,14-/m0/s1. The fraction of sp³-hybridized carbons (Fsp3) is 0.571. The van der Waals surface area contributed by atoms with E-state index in [9.17, 15) is 5.11 Å². The van der Waals surface area contributed by atoms with Crippen LogP contribution < -0.4 is 0 Å². The lowest BCUT2D eigenvalue weighted by Gasteiger charge is -2.35. The van der Waals surface area contributed by atoms with E-state index < -0.39 is 0 Å². The number of benzene rings is 1. The van der Waals surface area contributed by atoms with Crippen molar-refractivity contribution in [3.63, 3.8) is 0 Å². The number of rotatable bonds is 2. The SMILES string of the molecule is CC(C)[C@@H]1C[C@@H](O)[C@H](c2ccccc2)CO1. The second-order valence-electron chi connectivity index (χ2n) is 4.94. The smallest absolute Gasteiger partial charge is 0.0655 e. The molecule has 16 heavy (non-hydrogen) atoms. The molecule has 0 amide bonds. The van der Waals surface area contributed by atoms with Crippen LogP contribution in [0, 0.1) is 5.92 Å². The highest BCUT2D eigenvalue weighted by Crippen LogP contribution is 2.30. The molecule has 0 radical (unpaired) electrons. The number of ether oxygens (including phenoxy) is 1. The van der Waals surface area contributed by atoms with E-state index in [0.29, 0.717) is 12.5 Å². The zero-order chi connectivity index (χ0) is 11.5. The average molecular weight is 220 g/mol. The van der Waals surface area contributed by atoms with E-state index in [-0.39, 0.29) is 18.1 Å². The molecule has 88 valence electrons. The van der Waals surface area contributed by atoms with Gasteiger partial charge in [-0.3, -0.25) is 0 Å². The largest absolute Gasteiger partial charge is 0.392 e. The zero-order valence-electron chi connectivity index (χ0n) is 9.97. The highest BCUT2D eigenvalue weighted by Gasteiger charge is 2.31. The van der Waals surface area contributed by atoms with E-state index in [1.807, 2.05) is 18.2 Å². The van der Waals surface area contributed by atoms with Crippen molar-refractivity contribution >= 4 is 0 Å². The van der Waals surface area contributed by atoms with Gasteiger partial charge in [0.25, 0.3) is 0 Å². The molecule has 1 aromatic rings. The van der Waals surface area contributed by atoms with E-state index in [4.69, 9.17) is 4.74 Å². The summed E-state index contributed by atoms with van der Waals surface area (Å²) in [5, 5.41) is 10.2. The summed E-state index contributed by atoms with van der Waals surface area (Å²) in [6.07, 6.45) is 0.676. The predicted octanol–water partition coefficient (Wildman–Crippen LogP) is 2.58. The molecule has 2 nitrogen and oxygen atoms in total. The molecule has 0 spiro atoms. The lowest BCUT2D eigenvalue weighted by molar-refractivity contribution is -0.0770. The Balaban J connectivity index is 2.05. The van der Waals surface area contributed by atoms with Gasteiger partial charge in [0, 0.05) is 12.3 Å². The second-order valence-corrected chi connectivity index (χ2v) is 4.94. The van der Waals surface area contributed by atoms with Gasteiger partial charge in [0.2, 0.25) is 0 Å². The Labute approximate surface area is 97.3 Å². The summed E-state index contributed by atoms with van der Waals surface area (Å²) in [5.41, 5.74) is 1.18. The lowest BCUT2D eigenvalue weighted by Crippen LogP contribution is -2.38. The van der Waals surface area contributed by atoms with Crippen molar-refractivity contribution in [1.82, 2.24) is 0 Å². The Morgan fingerprint density at radius 3 is 2.50 bits per heavy atom. The van der Waals surface area contributed by atoms with E-state index in [0.717, 1.165) is 6.42 Å². The van der Waals surface area contributed by atoms with Crippen molar-refractivity contribution in [2.45, 2.75) is 38.4 Å². The number of aliphatic hydroxyl groups excluding tert-OH is 1. The molecule has 2 heteroatoms. The van der Waals surface area contributed by atoms with Gasteiger partial charge in [-0.05, 0) is 11.5 Å². The Morgan fingerprint density at radius 2 is 1.94 bits per heavy atom. The van der Waals surface area contributed by atoms with Crippen molar-refractivity contribution in [2.24, 2.45) is 5.92 Å². The molecule has 1 aliphatic heterocycles. The maximum Gasteiger partial charge on any atom is 0.0655 e. The summed E-state index contributed by atoms with van der Waals surface area (Å²) in [4.78, 5) is 0. The number of aliphatic hydroxyl groups is 1. The quantitative estimate of drug-likeness (QED) is 0.830. The molecular weight excluding hydrogens is 200 g/mol. The minimum Gasteiger partial charge on any atom is -0.392 e. The van der Waals surface area contributed by atoms with Crippen LogP contribution in [0.3, 0.4) is 0 Å². The lowest BCUT2D eigenvalue weighted by atomic mass is 9.86. The molecule has 0 saturated carbocycles. The first-order valence-electron chi connectivity index (χ1n) is 6.03. The van der Waals surface area contributed by atoms with Crippen LogP contribution in [0.1, 0.15) is 31.7 Å². The molecule has 1 N–H and O–H groups in total. The normalized spacial score (nSPS) is 30.6. The molecule has 2 rings (SSSR count). The van der Waals surface area contributed by atoms with Crippen LogP contribution in [-0.2, 0) is 4.74 Å². The maximum absolute atomic E-state index is 10.2. The summed E-state index contributed by atoms with van der Waals surface area (Å²) < 4.78 is 5.82. The fourth-order valence-electron chi connectivity index (χ4n) is 2.29. The van der Waals surface area contributed by atoms with Crippen molar-refractivity contribution in [2.75, 3.05) is 6.61 Å². The molecule has 1 fully saturated rings. The summed E-state index contributed by atoms with van der Waals surface area (Å²) in [7, 11) is 0. The van der Waals surface area contributed by atoms with E-state index in [2.05, 4.69) is 26.0 Å². The molecule has 1 aromatic carbocycles. The van der Waals surface area contributed by atoms with Gasteiger partial charge < -0.3 is 9.84 Å². The summed E-state index contributed by atoms with van der Waals surface area (Å²) in [5.74, 6) is 0.613. The van der Waals surface area contributed by atoms with Crippen molar-refractivity contribution < 1.29 is 9.84 Å². The van der Waals surface area contributed by atoms with Gasteiger partial charge in [-0.15, -0.1) is 0 Å². The van der Waals surface area contributed by atoms with Crippen LogP contribution in [0.5, 0.6) is 0 Å². The molecule has 1 saturated heterocycles. The third-order valence-electron chi connectivity index (χ3n) is 3.40. The Morgan fingerprint density at radius 1 is 1.25 bits per heavy atom. The van der Waals surface area contributed by atoms with Crippen LogP contribution in [0.15, 0.2) is 30.3 Å². The van der Waals surface area contributed by atoms with Crippen molar-refractivity contribution in [1.29, 1.82) is 0 Å². The first kappa shape index (κ1) is 11.6. The fourth-order valence-corrected chi connectivity index (χ4v) is 2.29. The number of hydrogen-bond acceptors (Lipinski definition) is 2. The third kappa shape index (κ3) is 2.45. The predicted molar refractivity (Wildman–Crippen MR) is 64.4 cm³/mol. The van der Waals surface area contributed by atoms with Gasteiger partial charge in [-0.2, -0.15) is 0 Å². The van der Waals surface area contributed by atoms with Gasteiger partial charge in [-0.1, -0.05) is 44.2 Å². The zero-order valence-corrected chi connectivity index (χ0v) is 9.97. The Bertz CT molecular complexity index is 321. The van der Waals surface area contributed by atoms with Gasteiger partial charge in [0.05, 0.1) is 18.8 Å². The number of hydrogen-bond donors (Lipinski definition) is 1. The van der Waals surface area contributed by atoms with Gasteiger partial charge in [0.15, 0.2) is 0 Å². The summed E-state index contributed by atoms with van der Waals surface area (Å²) >= 11 is 0. The van der Waals surface area contributed by atoms with Crippen LogP contribution in [-0.4, -0.2) is 23.9 Å². The van der Waals surface area contributed by atoms with Gasteiger partial charge in [-0.25, -0.2) is 0 Å². The van der Waals surface area contributed by atoms with E-state index in [1.54, 1.807) is 0 Å². The summed E-state index contributed by atoms with van der Waals surface area (Å²) in [6, 6.07) is 10.1. The second kappa shape index (κ2) is 4.98. The molecule has 3 atom stereocenters. The van der Waals surface area contributed by atoms with E-state index >= 15 is 0 Å². The first-order valence-corrected chi connectivity index (χ1v) is 6.03. The minimum absolute atomic E-state index is 0.135.